The molecule has 9 heteroatoms. The summed E-state index contributed by atoms with van der Waals surface area (Å²) < 4.78 is 1.41. The molecule has 0 aliphatic rings. The van der Waals surface area contributed by atoms with E-state index in [1.807, 2.05) is 53.9 Å². The smallest absolute Gasteiger partial charge is 0.759 e. The Morgan fingerprint density at radius 2 is 1.86 bits per heavy atom. The van der Waals surface area contributed by atoms with Gasteiger partial charge in [-0.15, -0.1) is 11.3 Å². The molecule has 0 saturated carbocycles. The monoisotopic (exact) mass is 432 g/mol. The summed E-state index contributed by atoms with van der Waals surface area (Å²) in [5.41, 5.74) is 0.0438. The maximum atomic E-state index is 12.4. The van der Waals surface area contributed by atoms with E-state index in [-0.39, 0.29) is 74.0 Å². The molecule has 28 heavy (non-hydrogen) atoms. The number of fused-ring (bicyclic) bond motifs is 1. The molecule has 1 N–H and O–H groups in total. The molecule has 0 bridgehead atoms. The third kappa shape index (κ3) is 4.57. The number of H-pyrrole nitrogens is 1. The zero-order valence-electron chi connectivity index (χ0n) is 15.0. The maximum absolute atomic E-state index is 12.4. The molecule has 0 amide bonds. The number of nitrogens with zero attached hydrogens (tertiary/aromatic N) is 3. The Labute approximate surface area is 212 Å². The predicted octanol–water partition coefficient (Wildman–Crippen LogP) is -0.330. The summed E-state index contributed by atoms with van der Waals surface area (Å²) in [6.07, 6.45) is 3.59. The topological polar surface area (TPSA) is 80.6 Å². The van der Waals surface area contributed by atoms with Crippen LogP contribution in [0.1, 0.15) is 16.3 Å². The van der Waals surface area contributed by atoms with Crippen LogP contribution in [-0.4, -0.2) is 19.5 Å². The van der Waals surface area contributed by atoms with Gasteiger partial charge < -0.3 is 12.6 Å². The molecule has 6 nitrogen and oxygen atoms in total. The van der Waals surface area contributed by atoms with E-state index >= 15 is 0 Å². The summed E-state index contributed by atoms with van der Waals surface area (Å²) in [7, 11) is 0. The number of nitrogens with one attached hydrogen (secondary N) is 1. The van der Waals surface area contributed by atoms with Crippen molar-refractivity contribution in [3.05, 3.63) is 84.9 Å². The zero-order valence-corrected chi connectivity index (χ0v) is 19.7. The number of aromatic amines is 1. The molecule has 0 aliphatic carbocycles. The predicted molar refractivity (Wildman–Crippen MR) is 109 cm³/mol. The van der Waals surface area contributed by atoms with Gasteiger partial charge in [-0.05, 0) is 29.2 Å². The van der Waals surface area contributed by atoms with Gasteiger partial charge in [0.1, 0.15) is 0 Å². The first-order valence-corrected chi connectivity index (χ1v) is 9.38. The van der Waals surface area contributed by atoms with Gasteiger partial charge in [0, 0.05) is 4.88 Å². The molecule has 0 aliphatic heterocycles. The van der Waals surface area contributed by atoms with Crippen molar-refractivity contribution in [3.63, 3.8) is 0 Å². The number of thiophene rings is 1. The molecule has 134 valence electrons. The number of hydrogen-bond donors (Lipinski definition) is 1. The van der Waals surface area contributed by atoms with E-state index in [9.17, 15) is 9.59 Å². The fourth-order valence-electron chi connectivity index (χ4n) is 2.69. The fraction of sp³-hybridized carbons (Fsp3) is 0.0526. The maximum Gasteiger partial charge on any atom is 1.00 e. The van der Waals surface area contributed by atoms with Gasteiger partial charge in [0.25, 0.3) is 5.56 Å². The molecule has 0 fully saturated rings. The van der Waals surface area contributed by atoms with Crippen LogP contribution >= 0.6 is 11.3 Å². The third-order valence-electron chi connectivity index (χ3n) is 3.95. The van der Waals surface area contributed by atoms with Gasteiger partial charge in [0.05, 0.1) is 11.9 Å². The molecule has 0 unspecified atom stereocenters. The molecule has 3 aromatic heterocycles. The van der Waals surface area contributed by atoms with E-state index in [0.717, 1.165) is 10.4 Å². The first kappa shape index (κ1) is 21.3. The van der Waals surface area contributed by atoms with E-state index in [1.165, 1.54) is 4.57 Å². The summed E-state index contributed by atoms with van der Waals surface area (Å²) >= 11 is 6.87. The zero-order chi connectivity index (χ0) is 18.8. The van der Waals surface area contributed by atoms with Gasteiger partial charge in [0.15, 0.2) is 11.5 Å². The molecule has 0 radical (unpaired) electrons. The summed E-state index contributed by atoms with van der Waals surface area (Å²) in [5, 5.41) is 2.24. The van der Waals surface area contributed by atoms with Crippen molar-refractivity contribution < 1.29 is 51.4 Å². The van der Waals surface area contributed by atoms with Crippen LogP contribution in [0.2, 0.25) is 0 Å². The Bertz CT molecular complexity index is 1250. The summed E-state index contributed by atoms with van der Waals surface area (Å²) in [6, 6.07) is 13.4. The fourth-order valence-corrected chi connectivity index (χ4v) is 3.59. The molecule has 4 aromatic rings. The Hall–Kier alpha value is -1.46. The van der Waals surface area contributed by atoms with Gasteiger partial charge in [-0.3, -0.25) is 19.3 Å². The van der Waals surface area contributed by atoms with Crippen molar-refractivity contribution in [2.45, 2.75) is 11.6 Å². The Kier molecular flexibility index (Phi) is 7.10. The number of rotatable bonds is 4. The molecule has 0 atom stereocenters. The molecule has 3 heterocycles. The Morgan fingerprint density at radius 3 is 2.57 bits per heavy atom. The van der Waals surface area contributed by atoms with Crippen LogP contribution in [0, 0.1) is 0 Å². The van der Waals surface area contributed by atoms with E-state index in [1.54, 1.807) is 17.4 Å². The average molecular weight is 433 g/mol. The molecule has 4 rings (SSSR count). The SMILES string of the molecule is O=c1[nH]c(=O)n(Cc2ccccc2)c2nc(C=Cc3cccs3)nc([S-])c12.[K+]. The molecular formula is C19H13KN4O2S2. The standard InChI is InChI=1S/C19H14N4O2S2.K/c24-17-15-16(23(19(25)22-17)11-12-5-2-1-3-6-12)20-14(21-18(15)26)9-8-13-7-4-10-27-13;/h1-10H,11H2,(H,20,21,26)(H,22,24,25);/q;+1/p-1. The van der Waals surface area contributed by atoms with Gasteiger partial charge in [0.2, 0.25) is 0 Å². The largest absolute Gasteiger partial charge is 1.00 e. The quantitative estimate of drug-likeness (QED) is 0.271. The van der Waals surface area contributed by atoms with E-state index in [4.69, 9.17) is 12.6 Å². The molecule has 0 spiro atoms. The first-order chi connectivity index (χ1) is 13.1. The molecule has 1 aromatic carbocycles. The van der Waals surface area contributed by atoms with Crippen molar-refractivity contribution in [2.24, 2.45) is 0 Å². The van der Waals surface area contributed by atoms with Gasteiger partial charge >= 0.3 is 57.1 Å². The van der Waals surface area contributed by atoms with Crippen LogP contribution in [0.5, 0.6) is 0 Å². The second-order valence-corrected chi connectivity index (χ2v) is 7.13. The van der Waals surface area contributed by atoms with Gasteiger partial charge in [-0.2, -0.15) is 0 Å². The van der Waals surface area contributed by atoms with Crippen molar-refractivity contribution in [1.29, 1.82) is 0 Å². The first-order valence-electron chi connectivity index (χ1n) is 8.09. The van der Waals surface area contributed by atoms with Crippen LogP contribution in [0.4, 0.5) is 0 Å². The van der Waals surface area contributed by atoms with E-state index < -0.39 is 11.2 Å². The second kappa shape index (κ2) is 9.36. The van der Waals surface area contributed by atoms with Crippen molar-refractivity contribution in [2.75, 3.05) is 0 Å². The van der Waals surface area contributed by atoms with Crippen LogP contribution in [-0.2, 0) is 19.2 Å². The summed E-state index contributed by atoms with van der Waals surface area (Å²) in [5.74, 6) is 0.354. The van der Waals surface area contributed by atoms with Crippen molar-refractivity contribution >= 4 is 47.2 Å². The molecular weight excluding hydrogens is 419 g/mol. The Balaban J connectivity index is 0.00000225. The minimum Gasteiger partial charge on any atom is -0.759 e. The van der Waals surface area contributed by atoms with Crippen molar-refractivity contribution in [3.8, 4) is 0 Å². The van der Waals surface area contributed by atoms with Crippen molar-refractivity contribution in [1.82, 2.24) is 19.5 Å². The van der Waals surface area contributed by atoms with E-state index in [0.29, 0.717) is 5.82 Å². The summed E-state index contributed by atoms with van der Waals surface area (Å²) in [6.45, 7) is 0.271. The van der Waals surface area contributed by atoms with Crippen LogP contribution in [0.3, 0.4) is 0 Å². The minimum atomic E-state index is -0.571. The normalized spacial score (nSPS) is 11.0. The van der Waals surface area contributed by atoms with Gasteiger partial charge in [-0.1, -0.05) is 41.4 Å². The minimum absolute atomic E-state index is 0. The van der Waals surface area contributed by atoms with Crippen LogP contribution < -0.4 is 62.6 Å². The molecule has 0 saturated heterocycles. The Morgan fingerprint density at radius 1 is 1.07 bits per heavy atom. The average Bonchev–Trinajstić information content (AvgIpc) is 3.17. The second-order valence-electron chi connectivity index (χ2n) is 5.77. The number of hydrogen-bond acceptors (Lipinski definition) is 6. The number of aromatic nitrogens is 4. The number of benzene rings is 1. The summed E-state index contributed by atoms with van der Waals surface area (Å²) in [4.78, 5) is 36.7. The van der Waals surface area contributed by atoms with Crippen LogP contribution in [0.15, 0.2) is 62.5 Å². The van der Waals surface area contributed by atoms with E-state index in [2.05, 4.69) is 15.0 Å². The third-order valence-corrected chi connectivity index (χ3v) is 5.08. The van der Waals surface area contributed by atoms with Crippen LogP contribution in [0.25, 0.3) is 23.2 Å². The van der Waals surface area contributed by atoms with Gasteiger partial charge in [-0.25, -0.2) is 9.78 Å².